The van der Waals surface area contributed by atoms with Gasteiger partial charge in [0.15, 0.2) is 0 Å². The van der Waals surface area contributed by atoms with Crippen LogP contribution in [0, 0.1) is 5.82 Å². The third-order valence-electron chi connectivity index (χ3n) is 1.92. The number of benzene rings is 1. The van der Waals surface area contributed by atoms with E-state index in [1.54, 1.807) is 0 Å². The Morgan fingerprint density at radius 1 is 1.60 bits per heavy atom. The molecule has 0 radical (unpaired) electrons. The number of nitrogens with two attached hydrogens (primary N) is 1. The Morgan fingerprint density at radius 2 is 2.20 bits per heavy atom. The molecule has 1 rings (SSSR count). The maximum Gasteiger partial charge on any atom is 0.247 e. The summed E-state index contributed by atoms with van der Waals surface area (Å²) in [6, 6.07) is 3.91. The highest BCUT2D eigenvalue weighted by atomic mass is 35.5. The van der Waals surface area contributed by atoms with Crippen molar-refractivity contribution in [1.82, 2.24) is 0 Å². The van der Waals surface area contributed by atoms with Gasteiger partial charge in [0.1, 0.15) is 11.9 Å². The average Bonchev–Trinajstić information content (AvgIpc) is 2.15. The van der Waals surface area contributed by atoms with Crippen LogP contribution < -0.4 is 5.73 Å². The van der Waals surface area contributed by atoms with Gasteiger partial charge in [-0.15, -0.1) is 0 Å². The van der Waals surface area contributed by atoms with Crippen molar-refractivity contribution < 1.29 is 14.3 Å². The highest BCUT2D eigenvalue weighted by Crippen LogP contribution is 2.29. The Balaban J connectivity index is 3.16. The molecule has 1 unspecified atom stereocenters. The minimum Gasteiger partial charge on any atom is -0.383 e. The smallest absolute Gasteiger partial charge is 0.247 e. The van der Waals surface area contributed by atoms with E-state index in [2.05, 4.69) is 6.58 Å². The fourth-order valence-electron chi connectivity index (χ4n) is 1.08. The highest BCUT2D eigenvalue weighted by molar-refractivity contribution is 6.31. The molecule has 1 aromatic carbocycles. The summed E-state index contributed by atoms with van der Waals surface area (Å²) < 4.78 is 13.3. The van der Waals surface area contributed by atoms with Gasteiger partial charge in [0.2, 0.25) is 5.91 Å². The predicted octanol–water partition coefficient (Wildman–Crippen LogP) is 1.55. The van der Waals surface area contributed by atoms with Gasteiger partial charge in [-0.25, -0.2) is 4.39 Å². The first-order chi connectivity index (χ1) is 6.95. The molecule has 80 valence electrons. The van der Waals surface area contributed by atoms with Gasteiger partial charge in [-0.2, -0.15) is 0 Å². The zero-order chi connectivity index (χ0) is 11.6. The number of amides is 1. The van der Waals surface area contributed by atoms with Crippen molar-refractivity contribution >= 4 is 17.5 Å². The van der Waals surface area contributed by atoms with Crippen molar-refractivity contribution in [3.8, 4) is 0 Å². The maximum absolute atomic E-state index is 13.3. The molecule has 0 aliphatic heterocycles. The Morgan fingerprint density at radius 3 is 2.67 bits per heavy atom. The number of rotatable bonds is 3. The van der Waals surface area contributed by atoms with Crippen LogP contribution in [0.5, 0.6) is 0 Å². The molecule has 0 saturated carbocycles. The van der Waals surface area contributed by atoms with E-state index in [9.17, 15) is 14.3 Å². The number of hydrogen-bond acceptors (Lipinski definition) is 2. The van der Waals surface area contributed by atoms with Crippen molar-refractivity contribution in [3.63, 3.8) is 0 Å². The zero-order valence-electron chi connectivity index (χ0n) is 7.71. The standard InChI is InChI=1S/C10H9ClFNO2/c1-5(10(13)15)9(14)8-6(11)3-2-4-7(8)12/h2-4,9,14H,1H2,(H2,13,15). The maximum atomic E-state index is 13.3. The van der Waals surface area contributed by atoms with Crippen LogP contribution in [0.3, 0.4) is 0 Å². The number of hydrogen-bond donors (Lipinski definition) is 2. The topological polar surface area (TPSA) is 63.3 Å². The lowest BCUT2D eigenvalue weighted by molar-refractivity contribution is -0.115. The van der Waals surface area contributed by atoms with Crippen LogP contribution in [0.15, 0.2) is 30.4 Å². The highest BCUT2D eigenvalue weighted by Gasteiger charge is 2.21. The third-order valence-corrected chi connectivity index (χ3v) is 2.25. The van der Waals surface area contributed by atoms with Crippen LogP contribution in [0.4, 0.5) is 4.39 Å². The second-order valence-electron chi connectivity index (χ2n) is 2.93. The lowest BCUT2D eigenvalue weighted by atomic mass is 10.0. The molecule has 1 atom stereocenters. The molecule has 1 amide bonds. The molecule has 0 fully saturated rings. The van der Waals surface area contributed by atoms with Gasteiger partial charge >= 0.3 is 0 Å². The summed E-state index contributed by atoms with van der Waals surface area (Å²) in [5, 5.41) is 9.61. The molecule has 0 aliphatic rings. The molecule has 0 heterocycles. The Bertz CT molecular complexity index is 400. The molecule has 3 nitrogen and oxygen atoms in total. The first-order valence-electron chi connectivity index (χ1n) is 4.05. The Labute approximate surface area is 91.0 Å². The fraction of sp³-hybridized carbons (Fsp3) is 0.100. The van der Waals surface area contributed by atoms with Gasteiger partial charge in [0.25, 0.3) is 0 Å². The molecule has 0 saturated heterocycles. The summed E-state index contributed by atoms with van der Waals surface area (Å²) in [6.07, 6.45) is -1.52. The van der Waals surface area contributed by atoms with Gasteiger partial charge in [-0.3, -0.25) is 4.79 Å². The number of halogens is 2. The van der Waals surface area contributed by atoms with Crippen LogP contribution in [0.25, 0.3) is 0 Å². The normalized spacial score (nSPS) is 12.2. The summed E-state index contributed by atoms with van der Waals surface area (Å²) >= 11 is 5.68. The first-order valence-corrected chi connectivity index (χ1v) is 4.43. The Hall–Kier alpha value is -1.39. The van der Waals surface area contributed by atoms with Crippen molar-refractivity contribution in [2.75, 3.05) is 0 Å². The SMILES string of the molecule is C=C(C(N)=O)C(O)c1c(F)cccc1Cl. The molecule has 0 bridgehead atoms. The van der Waals surface area contributed by atoms with Crippen molar-refractivity contribution in [2.45, 2.75) is 6.10 Å². The van der Waals surface area contributed by atoms with E-state index in [0.29, 0.717) is 0 Å². The van der Waals surface area contributed by atoms with Gasteiger partial charge in [0, 0.05) is 16.2 Å². The number of aliphatic hydroxyl groups excluding tert-OH is 1. The average molecular weight is 230 g/mol. The second-order valence-corrected chi connectivity index (χ2v) is 3.33. The van der Waals surface area contributed by atoms with Crippen molar-refractivity contribution in [1.29, 1.82) is 0 Å². The molecule has 3 N–H and O–H groups in total. The minimum atomic E-state index is -1.52. The predicted molar refractivity (Wildman–Crippen MR) is 54.7 cm³/mol. The number of carbonyl (C=O) groups is 1. The van der Waals surface area contributed by atoms with Crippen molar-refractivity contribution in [2.24, 2.45) is 5.73 Å². The number of carbonyl (C=O) groups excluding carboxylic acids is 1. The van der Waals surface area contributed by atoms with Crippen LogP contribution in [-0.4, -0.2) is 11.0 Å². The van der Waals surface area contributed by atoms with E-state index in [1.807, 2.05) is 0 Å². The van der Waals surface area contributed by atoms with Crippen molar-refractivity contribution in [3.05, 3.63) is 46.8 Å². The van der Waals surface area contributed by atoms with E-state index >= 15 is 0 Å². The van der Waals surface area contributed by atoms with Gasteiger partial charge in [0.05, 0.1) is 0 Å². The summed E-state index contributed by atoms with van der Waals surface area (Å²) in [5.41, 5.74) is 4.41. The summed E-state index contributed by atoms with van der Waals surface area (Å²) in [4.78, 5) is 10.7. The van der Waals surface area contributed by atoms with E-state index in [-0.39, 0.29) is 16.2 Å². The van der Waals surface area contributed by atoms with Crippen LogP contribution >= 0.6 is 11.6 Å². The van der Waals surface area contributed by atoms with Crippen LogP contribution in [0.2, 0.25) is 5.02 Å². The molecule has 15 heavy (non-hydrogen) atoms. The second kappa shape index (κ2) is 4.42. The first kappa shape index (κ1) is 11.7. The number of aliphatic hydroxyl groups is 1. The molecule has 0 aromatic heterocycles. The van der Waals surface area contributed by atoms with E-state index < -0.39 is 17.8 Å². The number of primary amides is 1. The molecule has 0 aliphatic carbocycles. The lowest BCUT2D eigenvalue weighted by Gasteiger charge is -2.13. The summed E-state index contributed by atoms with van der Waals surface area (Å²) in [6.45, 7) is 3.26. The lowest BCUT2D eigenvalue weighted by Crippen LogP contribution is -2.19. The summed E-state index contributed by atoms with van der Waals surface area (Å²) in [5.74, 6) is -1.61. The van der Waals surface area contributed by atoms with E-state index in [0.717, 1.165) is 6.07 Å². The molecule has 1 aromatic rings. The van der Waals surface area contributed by atoms with Gasteiger partial charge < -0.3 is 10.8 Å². The monoisotopic (exact) mass is 229 g/mol. The molecule has 0 spiro atoms. The minimum absolute atomic E-state index is 0.0184. The van der Waals surface area contributed by atoms with Crippen LogP contribution in [-0.2, 0) is 4.79 Å². The van der Waals surface area contributed by atoms with E-state index in [1.165, 1.54) is 12.1 Å². The fourth-order valence-corrected chi connectivity index (χ4v) is 1.35. The molecular formula is C10H9ClFNO2. The zero-order valence-corrected chi connectivity index (χ0v) is 8.46. The molecule has 5 heteroatoms. The van der Waals surface area contributed by atoms with Crippen LogP contribution in [0.1, 0.15) is 11.7 Å². The van der Waals surface area contributed by atoms with Gasteiger partial charge in [-0.05, 0) is 12.1 Å². The quantitative estimate of drug-likeness (QED) is 0.773. The largest absolute Gasteiger partial charge is 0.383 e. The third kappa shape index (κ3) is 2.34. The summed E-state index contributed by atoms with van der Waals surface area (Å²) in [7, 11) is 0. The Kier molecular flexibility index (Phi) is 3.44. The molecular weight excluding hydrogens is 221 g/mol. The van der Waals surface area contributed by atoms with Gasteiger partial charge in [-0.1, -0.05) is 24.2 Å². The van der Waals surface area contributed by atoms with E-state index in [4.69, 9.17) is 17.3 Å².